The molecule has 0 saturated heterocycles. The van der Waals surface area contributed by atoms with E-state index in [0.29, 0.717) is 11.7 Å². The van der Waals surface area contributed by atoms with Crippen molar-refractivity contribution in [2.24, 2.45) is 0 Å². The number of nitrogens with zero attached hydrogens (tertiary/aromatic N) is 1. The normalized spacial score (nSPS) is 10.3. The second kappa shape index (κ2) is 6.16. The molecule has 1 aromatic carbocycles. The maximum absolute atomic E-state index is 11.3. The van der Waals surface area contributed by atoms with Crippen molar-refractivity contribution in [3.05, 3.63) is 33.6 Å². The zero-order valence-corrected chi connectivity index (χ0v) is 13.0. The van der Waals surface area contributed by atoms with Crippen LogP contribution >= 0.6 is 27.3 Å². The van der Waals surface area contributed by atoms with Crippen molar-refractivity contribution >= 4 is 38.5 Å². The van der Waals surface area contributed by atoms with E-state index >= 15 is 0 Å². The van der Waals surface area contributed by atoms with Gasteiger partial charge >= 0.3 is 6.09 Å². The molecule has 0 aliphatic carbocycles. The number of rotatable bonds is 3. The Morgan fingerprint density at radius 2 is 2.11 bits per heavy atom. The minimum atomic E-state index is -0.474. The van der Waals surface area contributed by atoms with Gasteiger partial charge in [-0.25, -0.2) is 9.78 Å². The lowest BCUT2D eigenvalue weighted by Gasteiger charge is -2.00. The van der Waals surface area contributed by atoms with Crippen molar-refractivity contribution in [2.75, 3.05) is 11.9 Å². The van der Waals surface area contributed by atoms with E-state index in [0.717, 1.165) is 20.6 Å². The molecule has 19 heavy (non-hydrogen) atoms. The van der Waals surface area contributed by atoms with Crippen LogP contribution in [-0.4, -0.2) is 17.7 Å². The van der Waals surface area contributed by atoms with E-state index in [1.807, 2.05) is 31.2 Å². The van der Waals surface area contributed by atoms with Crippen LogP contribution < -0.4 is 5.32 Å². The van der Waals surface area contributed by atoms with Gasteiger partial charge in [0.25, 0.3) is 0 Å². The molecular formula is C13H13BrN2O2S. The SMILES string of the molecule is CCOC(=O)Nc1nc(-c2ccc(Br)cc2)c(C)s1. The Morgan fingerprint density at radius 1 is 1.42 bits per heavy atom. The Hall–Kier alpha value is -1.40. The molecule has 0 aliphatic heterocycles. The molecule has 0 saturated carbocycles. The first kappa shape index (κ1) is 14.0. The van der Waals surface area contributed by atoms with Gasteiger partial charge in [0.15, 0.2) is 5.13 Å². The number of halogens is 1. The van der Waals surface area contributed by atoms with Crippen molar-refractivity contribution in [3.63, 3.8) is 0 Å². The Bertz CT molecular complexity index is 581. The van der Waals surface area contributed by atoms with Gasteiger partial charge in [0.2, 0.25) is 0 Å². The summed E-state index contributed by atoms with van der Waals surface area (Å²) in [6.07, 6.45) is -0.474. The maximum Gasteiger partial charge on any atom is 0.413 e. The monoisotopic (exact) mass is 340 g/mol. The van der Waals surface area contributed by atoms with Crippen LogP contribution in [0.5, 0.6) is 0 Å². The summed E-state index contributed by atoms with van der Waals surface area (Å²) in [6, 6.07) is 7.90. The summed E-state index contributed by atoms with van der Waals surface area (Å²) < 4.78 is 5.85. The fourth-order valence-corrected chi connectivity index (χ4v) is 2.67. The first-order valence-corrected chi connectivity index (χ1v) is 7.38. The topological polar surface area (TPSA) is 51.2 Å². The highest BCUT2D eigenvalue weighted by molar-refractivity contribution is 9.10. The van der Waals surface area contributed by atoms with Crippen LogP contribution in [-0.2, 0) is 4.74 Å². The van der Waals surface area contributed by atoms with Gasteiger partial charge in [-0.3, -0.25) is 5.32 Å². The van der Waals surface area contributed by atoms with Crippen LogP contribution in [0.25, 0.3) is 11.3 Å². The van der Waals surface area contributed by atoms with E-state index in [-0.39, 0.29) is 0 Å². The van der Waals surface area contributed by atoms with Crippen molar-refractivity contribution < 1.29 is 9.53 Å². The highest BCUT2D eigenvalue weighted by Gasteiger charge is 2.12. The zero-order valence-electron chi connectivity index (χ0n) is 10.6. The number of carbonyl (C=O) groups is 1. The molecule has 0 unspecified atom stereocenters. The van der Waals surface area contributed by atoms with Gasteiger partial charge in [0, 0.05) is 14.9 Å². The number of amides is 1. The Morgan fingerprint density at radius 3 is 2.74 bits per heavy atom. The number of hydrogen-bond donors (Lipinski definition) is 1. The van der Waals surface area contributed by atoms with Gasteiger partial charge in [-0.2, -0.15) is 0 Å². The average molecular weight is 341 g/mol. The summed E-state index contributed by atoms with van der Waals surface area (Å²) in [7, 11) is 0. The predicted octanol–water partition coefficient (Wildman–Crippen LogP) is 4.45. The summed E-state index contributed by atoms with van der Waals surface area (Å²) in [6.45, 7) is 4.08. The molecule has 1 aromatic heterocycles. The summed E-state index contributed by atoms with van der Waals surface area (Å²) in [4.78, 5) is 16.8. The molecule has 1 heterocycles. The smallest absolute Gasteiger partial charge is 0.413 e. The van der Waals surface area contributed by atoms with Crippen LogP contribution in [0.1, 0.15) is 11.8 Å². The molecule has 6 heteroatoms. The summed E-state index contributed by atoms with van der Waals surface area (Å²) >= 11 is 4.83. The summed E-state index contributed by atoms with van der Waals surface area (Å²) in [5, 5.41) is 3.17. The summed E-state index contributed by atoms with van der Waals surface area (Å²) in [5.41, 5.74) is 1.90. The number of thiazole rings is 1. The van der Waals surface area contributed by atoms with E-state index < -0.39 is 6.09 Å². The molecule has 0 aliphatic rings. The van der Waals surface area contributed by atoms with Crippen molar-refractivity contribution in [3.8, 4) is 11.3 Å². The minimum absolute atomic E-state index is 0.343. The van der Waals surface area contributed by atoms with Crippen molar-refractivity contribution in [1.29, 1.82) is 0 Å². The third-order valence-corrected chi connectivity index (χ3v) is 3.81. The number of aromatic nitrogens is 1. The number of anilines is 1. The molecule has 0 fully saturated rings. The van der Waals surface area contributed by atoms with Crippen molar-refractivity contribution in [2.45, 2.75) is 13.8 Å². The first-order chi connectivity index (χ1) is 9.10. The van der Waals surface area contributed by atoms with Crippen LogP contribution in [0, 0.1) is 6.92 Å². The quantitative estimate of drug-likeness (QED) is 0.897. The van der Waals surface area contributed by atoms with Gasteiger partial charge in [-0.05, 0) is 26.0 Å². The van der Waals surface area contributed by atoms with E-state index in [2.05, 4.69) is 26.2 Å². The predicted molar refractivity (Wildman–Crippen MR) is 80.6 cm³/mol. The summed E-state index contributed by atoms with van der Waals surface area (Å²) in [5.74, 6) is 0. The fourth-order valence-electron chi connectivity index (χ4n) is 1.58. The number of ether oxygens (including phenoxy) is 1. The van der Waals surface area contributed by atoms with Crippen LogP contribution in [0.15, 0.2) is 28.7 Å². The lowest BCUT2D eigenvalue weighted by molar-refractivity contribution is 0.168. The van der Waals surface area contributed by atoms with Crippen LogP contribution in [0.3, 0.4) is 0 Å². The van der Waals surface area contributed by atoms with Gasteiger partial charge in [-0.15, -0.1) is 11.3 Å². The molecule has 2 aromatic rings. The molecule has 0 bridgehead atoms. The zero-order chi connectivity index (χ0) is 13.8. The Labute approximate surface area is 124 Å². The fraction of sp³-hybridized carbons (Fsp3) is 0.231. The lowest BCUT2D eigenvalue weighted by Crippen LogP contribution is -2.12. The Kier molecular flexibility index (Phi) is 4.55. The molecular weight excluding hydrogens is 328 g/mol. The van der Waals surface area contributed by atoms with Crippen LogP contribution in [0.4, 0.5) is 9.93 Å². The highest BCUT2D eigenvalue weighted by Crippen LogP contribution is 2.31. The molecule has 0 spiro atoms. The number of carbonyl (C=O) groups excluding carboxylic acids is 1. The van der Waals surface area contributed by atoms with E-state index in [4.69, 9.17) is 4.74 Å². The molecule has 100 valence electrons. The molecule has 1 amide bonds. The number of nitrogens with one attached hydrogen (secondary N) is 1. The highest BCUT2D eigenvalue weighted by atomic mass is 79.9. The minimum Gasteiger partial charge on any atom is -0.450 e. The molecule has 1 N–H and O–H groups in total. The second-order valence-electron chi connectivity index (χ2n) is 3.78. The number of aryl methyl sites for hydroxylation is 1. The molecule has 0 atom stereocenters. The maximum atomic E-state index is 11.3. The van der Waals surface area contributed by atoms with Gasteiger partial charge in [-0.1, -0.05) is 28.1 Å². The first-order valence-electron chi connectivity index (χ1n) is 5.77. The van der Waals surface area contributed by atoms with E-state index in [9.17, 15) is 4.79 Å². The molecule has 4 nitrogen and oxygen atoms in total. The van der Waals surface area contributed by atoms with Crippen LogP contribution in [0.2, 0.25) is 0 Å². The third-order valence-electron chi connectivity index (χ3n) is 2.40. The average Bonchev–Trinajstić information content (AvgIpc) is 2.71. The van der Waals surface area contributed by atoms with E-state index in [1.165, 1.54) is 11.3 Å². The van der Waals surface area contributed by atoms with Gasteiger partial charge in [0.05, 0.1) is 12.3 Å². The second-order valence-corrected chi connectivity index (χ2v) is 5.90. The van der Waals surface area contributed by atoms with E-state index in [1.54, 1.807) is 6.92 Å². The third kappa shape index (κ3) is 3.54. The van der Waals surface area contributed by atoms with Crippen molar-refractivity contribution in [1.82, 2.24) is 4.98 Å². The number of hydrogen-bond acceptors (Lipinski definition) is 4. The van der Waals surface area contributed by atoms with Gasteiger partial charge in [0.1, 0.15) is 0 Å². The lowest BCUT2D eigenvalue weighted by atomic mass is 10.1. The molecule has 0 radical (unpaired) electrons. The van der Waals surface area contributed by atoms with Gasteiger partial charge < -0.3 is 4.74 Å². The standard InChI is InChI=1S/C13H13BrN2O2S/c1-3-18-13(17)16-12-15-11(8(2)19-12)9-4-6-10(14)7-5-9/h4-7H,3H2,1-2H3,(H,15,16,17). The number of benzene rings is 1. The Balaban J connectivity index is 2.21. The largest absolute Gasteiger partial charge is 0.450 e. The molecule has 2 rings (SSSR count).